The Hall–Kier alpha value is -3.48. The third kappa shape index (κ3) is 4.42. The Morgan fingerprint density at radius 2 is 1.97 bits per heavy atom. The van der Waals surface area contributed by atoms with Gasteiger partial charge in [-0.1, -0.05) is 11.6 Å². The monoisotopic (exact) mass is 491 g/mol. The first-order valence-electron chi connectivity index (χ1n) is 8.88. The Morgan fingerprint density at radius 3 is 2.62 bits per heavy atom. The van der Waals surface area contributed by atoms with Gasteiger partial charge in [0.2, 0.25) is 0 Å². The number of hydrogen-bond donors (Lipinski definition) is 2. The quantitative estimate of drug-likeness (QED) is 0.438. The van der Waals surface area contributed by atoms with Gasteiger partial charge in [-0.05, 0) is 42.5 Å². The molecule has 0 spiro atoms. The van der Waals surface area contributed by atoms with Crippen LogP contribution in [-0.2, 0) is 10.0 Å². The van der Waals surface area contributed by atoms with Crippen molar-refractivity contribution in [2.24, 2.45) is 0 Å². The van der Waals surface area contributed by atoms with Crippen molar-refractivity contribution >= 4 is 55.6 Å². The van der Waals surface area contributed by atoms with E-state index in [0.29, 0.717) is 16.7 Å². The van der Waals surface area contributed by atoms with Gasteiger partial charge in [-0.15, -0.1) is 11.3 Å². The topological polar surface area (TPSA) is 132 Å². The minimum absolute atomic E-state index is 0.0917. The zero-order valence-corrected chi connectivity index (χ0v) is 18.7. The van der Waals surface area contributed by atoms with Gasteiger partial charge < -0.3 is 10.1 Å². The maximum atomic E-state index is 12.8. The average Bonchev–Trinajstić information content (AvgIpc) is 3.21. The van der Waals surface area contributed by atoms with Gasteiger partial charge in [0.25, 0.3) is 15.6 Å². The minimum atomic E-state index is -4.05. The van der Waals surface area contributed by atoms with Gasteiger partial charge >= 0.3 is 6.03 Å². The second kappa shape index (κ2) is 8.57. The summed E-state index contributed by atoms with van der Waals surface area (Å²) in [6.07, 6.45) is 2.63. The molecule has 32 heavy (non-hydrogen) atoms. The molecule has 0 aliphatic carbocycles. The van der Waals surface area contributed by atoms with Crippen molar-refractivity contribution in [2.75, 3.05) is 12.4 Å². The van der Waals surface area contributed by atoms with Crippen molar-refractivity contribution in [3.8, 4) is 11.6 Å². The second-order valence-corrected chi connectivity index (χ2v) is 9.95. The van der Waals surface area contributed by atoms with Gasteiger partial charge in [0.15, 0.2) is 0 Å². The largest absolute Gasteiger partial charge is 0.497 e. The summed E-state index contributed by atoms with van der Waals surface area (Å²) in [5, 5.41) is 2.73. The molecule has 10 nitrogen and oxygen atoms in total. The number of nitrogens with one attached hydrogen (secondary N) is 2. The molecule has 2 N–H and O–H groups in total. The highest BCUT2D eigenvalue weighted by atomic mass is 35.5. The lowest BCUT2D eigenvalue weighted by Crippen LogP contribution is -2.34. The molecule has 0 fully saturated rings. The average molecular weight is 492 g/mol. The van der Waals surface area contributed by atoms with Crippen LogP contribution >= 0.6 is 22.9 Å². The van der Waals surface area contributed by atoms with Crippen LogP contribution in [0.25, 0.3) is 16.7 Å². The number of nitrogens with zero attached hydrogens (tertiary/aromatic N) is 3. The number of pyridine rings is 1. The van der Waals surface area contributed by atoms with E-state index in [1.165, 1.54) is 48.5 Å². The molecule has 4 rings (SSSR count). The number of carbonyl (C=O) groups is 1. The van der Waals surface area contributed by atoms with Crippen LogP contribution in [0.5, 0.6) is 5.75 Å². The van der Waals surface area contributed by atoms with Crippen molar-refractivity contribution in [3.63, 3.8) is 0 Å². The Bertz CT molecular complexity index is 1480. The molecule has 2 amide bonds. The first kappa shape index (κ1) is 21.7. The van der Waals surface area contributed by atoms with Crippen LogP contribution in [0.4, 0.5) is 10.5 Å². The summed E-state index contributed by atoms with van der Waals surface area (Å²) in [5.74, 6) is 0.784. The maximum absolute atomic E-state index is 12.8. The molecule has 0 saturated carbocycles. The highest BCUT2D eigenvalue weighted by Gasteiger charge is 2.20. The summed E-state index contributed by atoms with van der Waals surface area (Å²) in [6, 6.07) is 9.67. The Morgan fingerprint density at radius 1 is 1.16 bits per heavy atom. The molecule has 0 unspecified atom stereocenters. The first-order chi connectivity index (χ1) is 15.3. The predicted molar refractivity (Wildman–Crippen MR) is 120 cm³/mol. The Kier molecular flexibility index (Phi) is 5.82. The first-order valence-corrected chi connectivity index (χ1v) is 11.6. The number of halogens is 1. The molecular weight excluding hydrogens is 478 g/mol. The predicted octanol–water partition coefficient (Wildman–Crippen LogP) is 3.01. The number of sulfonamides is 1. The van der Waals surface area contributed by atoms with E-state index >= 15 is 0 Å². The molecule has 0 radical (unpaired) electrons. The van der Waals surface area contributed by atoms with E-state index in [9.17, 15) is 18.0 Å². The fraction of sp³-hybridized carbons (Fsp3) is 0.0526. The van der Waals surface area contributed by atoms with Gasteiger partial charge in [-0.25, -0.2) is 27.9 Å². The van der Waals surface area contributed by atoms with Gasteiger partial charge in [0.05, 0.1) is 34.2 Å². The molecule has 13 heteroatoms. The molecule has 0 aliphatic rings. The number of urea groups is 1. The molecule has 0 aliphatic heterocycles. The summed E-state index contributed by atoms with van der Waals surface area (Å²) in [6.45, 7) is 0. The fourth-order valence-electron chi connectivity index (χ4n) is 2.76. The van der Waals surface area contributed by atoms with Crippen molar-refractivity contribution in [1.29, 1.82) is 0 Å². The Labute approximate surface area is 190 Å². The molecule has 4 aromatic rings. The van der Waals surface area contributed by atoms with E-state index in [-0.39, 0.29) is 25.6 Å². The lowest BCUT2D eigenvalue weighted by atomic mass is 10.2. The number of ether oxygens (including phenoxy) is 1. The van der Waals surface area contributed by atoms with Crippen LogP contribution in [-0.4, -0.2) is 36.1 Å². The summed E-state index contributed by atoms with van der Waals surface area (Å²) in [4.78, 5) is 33.3. The number of aromatic nitrogens is 3. The lowest BCUT2D eigenvalue weighted by Gasteiger charge is -2.09. The third-order valence-corrected chi connectivity index (χ3v) is 7.31. The Balaban J connectivity index is 1.53. The van der Waals surface area contributed by atoms with Crippen molar-refractivity contribution in [2.45, 2.75) is 4.21 Å². The molecule has 164 valence electrons. The number of fused-ring (bicyclic) bond motifs is 1. The zero-order chi connectivity index (χ0) is 22.9. The maximum Gasteiger partial charge on any atom is 0.333 e. The molecular formula is C19H14ClN5O5S2. The molecule has 3 aromatic heterocycles. The van der Waals surface area contributed by atoms with Crippen molar-refractivity contribution < 1.29 is 17.9 Å². The normalized spacial score (nSPS) is 11.3. The van der Waals surface area contributed by atoms with E-state index in [1.54, 1.807) is 18.2 Å². The molecule has 0 bridgehead atoms. The standard InChI is InChI=1S/C19H14ClN5O5S2/c1-30-12-3-4-14-13(8-12)18(26)25(10-22-14)16-6-2-11(9-21-16)23-19(27)24-32(28,29)17-7-5-15(20)31-17/h2-10H,1H3,(H2,23,24,27). The van der Waals surface area contributed by atoms with Crippen LogP contribution in [0, 0.1) is 0 Å². The van der Waals surface area contributed by atoms with Gasteiger partial charge in [-0.2, -0.15) is 0 Å². The SMILES string of the molecule is COc1ccc2ncn(-c3ccc(NC(=O)NS(=O)(=O)c4ccc(Cl)s4)cn3)c(=O)c2c1. The van der Waals surface area contributed by atoms with Crippen LogP contribution in [0.15, 0.2) is 64.0 Å². The summed E-state index contributed by atoms with van der Waals surface area (Å²) in [5.41, 5.74) is 0.380. The molecule has 3 heterocycles. The van der Waals surface area contributed by atoms with Gasteiger partial charge in [0, 0.05) is 0 Å². The van der Waals surface area contributed by atoms with E-state index in [2.05, 4.69) is 15.3 Å². The van der Waals surface area contributed by atoms with E-state index in [4.69, 9.17) is 16.3 Å². The number of benzene rings is 1. The number of hydrogen-bond acceptors (Lipinski definition) is 8. The number of thiophene rings is 1. The van der Waals surface area contributed by atoms with Crippen LogP contribution in [0.1, 0.15) is 0 Å². The van der Waals surface area contributed by atoms with Crippen molar-refractivity contribution in [3.05, 3.63) is 69.7 Å². The summed E-state index contributed by atoms with van der Waals surface area (Å²) in [7, 11) is -2.55. The third-order valence-electron chi connectivity index (χ3n) is 4.26. The minimum Gasteiger partial charge on any atom is -0.497 e. The number of carbonyl (C=O) groups excluding carboxylic acids is 1. The van der Waals surface area contributed by atoms with Crippen LogP contribution in [0.3, 0.4) is 0 Å². The second-order valence-electron chi connectivity index (χ2n) is 6.33. The number of anilines is 1. The lowest BCUT2D eigenvalue weighted by molar-refractivity contribution is 0.256. The van der Waals surface area contributed by atoms with Gasteiger partial charge in [-0.3, -0.25) is 9.36 Å². The molecule has 1 aromatic carbocycles. The smallest absolute Gasteiger partial charge is 0.333 e. The molecule has 0 saturated heterocycles. The van der Waals surface area contributed by atoms with E-state index in [0.717, 1.165) is 11.3 Å². The van der Waals surface area contributed by atoms with Gasteiger partial charge in [0.1, 0.15) is 22.1 Å². The molecule has 0 atom stereocenters. The number of amides is 2. The van der Waals surface area contributed by atoms with Crippen LogP contribution < -0.4 is 20.3 Å². The fourth-order valence-corrected chi connectivity index (χ4v) is 5.15. The van der Waals surface area contributed by atoms with Crippen molar-refractivity contribution in [1.82, 2.24) is 19.3 Å². The number of methoxy groups -OCH3 is 1. The van der Waals surface area contributed by atoms with Crippen LogP contribution in [0.2, 0.25) is 4.34 Å². The van der Waals surface area contributed by atoms with E-state index < -0.39 is 16.1 Å². The number of rotatable bonds is 5. The highest BCUT2D eigenvalue weighted by molar-refractivity contribution is 7.92. The summed E-state index contributed by atoms with van der Waals surface area (Å²) < 4.78 is 32.8. The van der Waals surface area contributed by atoms with E-state index in [1.807, 2.05) is 4.72 Å². The highest BCUT2D eigenvalue weighted by Crippen LogP contribution is 2.25. The zero-order valence-electron chi connectivity index (χ0n) is 16.3. The summed E-state index contributed by atoms with van der Waals surface area (Å²) >= 11 is 6.56.